The minimum absolute atomic E-state index is 0.156. The average molecular weight is 462 g/mol. The number of nitrogens with one attached hydrogen (secondary N) is 4. The highest BCUT2D eigenvalue weighted by Gasteiger charge is 2.15. The fraction of sp³-hybridized carbons (Fsp3) is 0.545. The SMILES string of the molecule is CCOC(=O)NCCNc1nc(Nc2ccc(OC)c(F)c2)nc(NC2CCCCCC2)n1. The summed E-state index contributed by atoms with van der Waals surface area (Å²) in [6.45, 7) is 2.78. The first-order valence-corrected chi connectivity index (χ1v) is 11.3. The molecule has 1 aromatic heterocycles. The van der Waals surface area contributed by atoms with Crippen LogP contribution >= 0.6 is 0 Å². The molecule has 4 N–H and O–H groups in total. The molecule has 0 bridgehead atoms. The van der Waals surface area contributed by atoms with Crippen molar-refractivity contribution in [1.82, 2.24) is 20.3 Å². The number of benzene rings is 1. The molecule has 2 aromatic rings. The van der Waals surface area contributed by atoms with E-state index in [-0.39, 0.29) is 11.7 Å². The summed E-state index contributed by atoms with van der Waals surface area (Å²) in [5.41, 5.74) is 0.481. The van der Waals surface area contributed by atoms with Gasteiger partial charge in [0.25, 0.3) is 0 Å². The lowest BCUT2D eigenvalue weighted by Gasteiger charge is -2.17. The van der Waals surface area contributed by atoms with Crippen LogP contribution in [0.1, 0.15) is 45.4 Å². The Balaban J connectivity index is 1.71. The number of methoxy groups -OCH3 is 1. The van der Waals surface area contributed by atoms with Gasteiger partial charge in [0.15, 0.2) is 11.6 Å². The maximum atomic E-state index is 14.1. The predicted molar refractivity (Wildman–Crippen MR) is 125 cm³/mol. The van der Waals surface area contributed by atoms with Crippen molar-refractivity contribution in [1.29, 1.82) is 0 Å². The quantitative estimate of drug-likeness (QED) is 0.306. The molecule has 1 saturated carbocycles. The van der Waals surface area contributed by atoms with Gasteiger partial charge in [-0.05, 0) is 31.9 Å². The van der Waals surface area contributed by atoms with E-state index in [0.717, 1.165) is 12.8 Å². The highest BCUT2D eigenvalue weighted by atomic mass is 19.1. The third kappa shape index (κ3) is 7.92. The van der Waals surface area contributed by atoms with E-state index in [1.54, 1.807) is 13.0 Å². The first-order valence-electron chi connectivity index (χ1n) is 11.3. The predicted octanol–water partition coefficient (Wildman–Crippen LogP) is 4.06. The Morgan fingerprint density at radius 2 is 1.79 bits per heavy atom. The molecule has 0 spiro atoms. The molecule has 10 nitrogen and oxygen atoms in total. The molecular weight excluding hydrogens is 429 g/mol. The van der Waals surface area contributed by atoms with E-state index in [0.29, 0.717) is 43.3 Å². The first kappa shape index (κ1) is 24.3. The van der Waals surface area contributed by atoms with Gasteiger partial charge in [0.2, 0.25) is 17.8 Å². The maximum absolute atomic E-state index is 14.1. The zero-order valence-corrected chi connectivity index (χ0v) is 19.1. The smallest absolute Gasteiger partial charge is 0.407 e. The van der Waals surface area contributed by atoms with Crippen LogP contribution in [0.5, 0.6) is 5.75 Å². The standard InChI is InChI=1S/C22H32FN7O3/c1-3-33-22(31)25-13-12-24-19-28-20(26-15-8-6-4-5-7-9-15)30-21(29-19)27-16-10-11-18(32-2)17(23)14-16/h10-11,14-15H,3-9,12-13H2,1-2H3,(H,25,31)(H3,24,26,27,28,29,30). The van der Waals surface area contributed by atoms with Crippen LogP contribution in [-0.4, -0.2) is 53.9 Å². The van der Waals surface area contributed by atoms with Gasteiger partial charge in [-0.15, -0.1) is 0 Å². The molecule has 11 heteroatoms. The molecule has 0 saturated heterocycles. The minimum Gasteiger partial charge on any atom is -0.494 e. The minimum atomic E-state index is -0.489. The molecule has 33 heavy (non-hydrogen) atoms. The summed E-state index contributed by atoms with van der Waals surface area (Å²) >= 11 is 0. The fourth-order valence-corrected chi connectivity index (χ4v) is 3.58. The van der Waals surface area contributed by atoms with E-state index < -0.39 is 11.9 Å². The molecule has 1 aliphatic carbocycles. The van der Waals surface area contributed by atoms with Crippen LogP contribution in [0.25, 0.3) is 0 Å². The maximum Gasteiger partial charge on any atom is 0.407 e. The lowest BCUT2D eigenvalue weighted by Crippen LogP contribution is -2.29. The number of aromatic nitrogens is 3. The van der Waals surface area contributed by atoms with Gasteiger partial charge in [0.05, 0.1) is 13.7 Å². The second-order valence-corrected chi connectivity index (χ2v) is 7.69. The molecule has 1 aliphatic rings. The van der Waals surface area contributed by atoms with Crippen LogP contribution in [-0.2, 0) is 4.74 Å². The molecule has 1 fully saturated rings. The van der Waals surface area contributed by atoms with Gasteiger partial charge >= 0.3 is 6.09 Å². The number of halogens is 1. The Bertz CT molecular complexity index is 908. The lowest BCUT2D eigenvalue weighted by molar-refractivity contribution is 0.152. The van der Waals surface area contributed by atoms with Crippen molar-refractivity contribution in [3.05, 3.63) is 24.0 Å². The van der Waals surface area contributed by atoms with Crippen LogP contribution < -0.4 is 26.0 Å². The van der Waals surface area contributed by atoms with Crippen molar-refractivity contribution in [3.8, 4) is 5.75 Å². The Morgan fingerprint density at radius 3 is 2.48 bits per heavy atom. The average Bonchev–Trinajstić information content (AvgIpc) is 3.06. The normalized spacial score (nSPS) is 14.2. The summed E-state index contributed by atoms with van der Waals surface area (Å²) in [5.74, 6) is 0.712. The Kier molecular flexibility index (Phi) is 9.28. The number of alkyl carbamates (subject to hydrolysis) is 1. The van der Waals surface area contributed by atoms with Crippen molar-refractivity contribution in [2.24, 2.45) is 0 Å². The van der Waals surface area contributed by atoms with Crippen LogP contribution in [0.3, 0.4) is 0 Å². The molecule has 1 heterocycles. The van der Waals surface area contributed by atoms with Crippen molar-refractivity contribution < 1.29 is 18.7 Å². The number of carbonyl (C=O) groups excluding carboxylic acids is 1. The number of hydrogen-bond donors (Lipinski definition) is 4. The monoisotopic (exact) mass is 461 g/mol. The summed E-state index contributed by atoms with van der Waals surface area (Å²) in [5, 5.41) is 12.2. The van der Waals surface area contributed by atoms with E-state index in [2.05, 4.69) is 36.2 Å². The first-order chi connectivity index (χ1) is 16.1. The Morgan fingerprint density at radius 1 is 1.06 bits per heavy atom. The van der Waals surface area contributed by atoms with Gasteiger partial charge in [-0.1, -0.05) is 25.7 Å². The number of rotatable bonds is 10. The second-order valence-electron chi connectivity index (χ2n) is 7.69. The highest BCUT2D eigenvalue weighted by molar-refractivity contribution is 5.67. The molecule has 1 amide bonds. The molecule has 0 unspecified atom stereocenters. The van der Waals surface area contributed by atoms with E-state index in [1.807, 2.05) is 0 Å². The number of carbonyl (C=O) groups is 1. The summed E-state index contributed by atoms with van der Waals surface area (Å²) in [4.78, 5) is 24.8. The van der Waals surface area contributed by atoms with Crippen LogP contribution in [0, 0.1) is 5.82 Å². The topological polar surface area (TPSA) is 122 Å². The van der Waals surface area contributed by atoms with Gasteiger partial charge in [-0.3, -0.25) is 0 Å². The molecule has 1 aromatic carbocycles. The molecule has 3 rings (SSSR count). The largest absolute Gasteiger partial charge is 0.494 e. The van der Waals surface area contributed by atoms with Gasteiger partial charge in [-0.25, -0.2) is 9.18 Å². The molecule has 0 radical (unpaired) electrons. The van der Waals surface area contributed by atoms with Crippen molar-refractivity contribution in [2.75, 3.05) is 42.8 Å². The summed E-state index contributed by atoms with van der Waals surface area (Å²) < 4.78 is 23.9. The van der Waals surface area contributed by atoms with E-state index in [1.165, 1.54) is 44.9 Å². The van der Waals surface area contributed by atoms with Crippen molar-refractivity contribution in [2.45, 2.75) is 51.5 Å². The Hall–Kier alpha value is -3.37. The summed E-state index contributed by atoms with van der Waals surface area (Å²) in [6.07, 6.45) is 6.47. The second kappa shape index (κ2) is 12.6. The molecular formula is C22H32FN7O3. The number of hydrogen-bond acceptors (Lipinski definition) is 9. The molecule has 180 valence electrons. The number of amides is 1. The Labute approximate surface area is 193 Å². The summed E-state index contributed by atoms with van der Waals surface area (Å²) in [6, 6.07) is 4.82. The van der Waals surface area contributed by atoms with Crippen LogP contribution in [0.4, 0.5) is 32.7 Å². The fourth-order valence-electron chi connectivity index (χ4n) is 3.58. The molecule has 0 atom stereocenters. The highest BCUT2D eigenvalue weighted by Crippen LogP contribution is 2.24. The lowest BCUT2D eigenvalue weighted by atomic mass is 10.1. The van der Waals surface area contributed by atoms with Gasteiger partial charge in [0.1, 0.15) is 0 Å². The van der Waals surface area contributed by atoms with E-state index >= 15 is 0 Å². The zero-order chi connectivity index (χ0) is 23.5. The van der Waals surface area contributed by atoms with Crippen LogP contribution in [0.2, 0.25) is 0 Å². The van der Waals surface area contributed by atoms with Gasteiger partial charge in [0, 0.05) is 30.9 Å². The third-order valence-electron chi connectivity index (χ3n) is 5.18. The zero-order valence-electron chi connectivity index (χ0n) is 19.1. The van der Waals surface area contributed by atoms with Gasteiger partial charge in [-0.2, -0.15) is 15.0 Å². The number of ether oxygens (including phenoxy) is 2. The van der Waals surface area contributed by atoms with Crippen LogP contribution in [0.15, 0.2) is 18.2 Å². The number of nitrogens with zero attached hydrogens (tertiary/aromatic N) is 3. The molecule has 0 aliphatic heterocycles. The van der Waals surface area contributed by atoms with E-state index in [4.69, 9.17) is 9.47 Å². The van der Waals surface area contributed by atoms with E-state index in [9.17, 15) is 9.18 Å². The third-order valence-corrected chi connectivity index (χ3v) is 5.18. The summed E-state index contributed by atoms with van der Waals surface area (Å²) in [7, 11) is 1.41. The number of anilines is 4. The van der Waals surface area contributed by atoms with Crippen molar-refractivity contribution in [3.63, 3.8) is 0 Å². The van der Waals surface area contributed by atoms with Crippen molar-refractivity contribution >= 4 is 29.6 Å². The van der Waals surface area contributed by atoms with Gasteiger partial charge < -0.3 is 30.7 Å².